The number of rotatable bonds is 4. The Morgan fingerprint density at radius 1 is 1.27 bits per heavy atom. The van der Waals surface area contributed by atoms with Gasteiger partial charge in [-0.15, -0.1) is 5.10 Å². The molecule has 0 radical (unpaired) electrons. The molecular formula is C17H11ClF6N4OS. The lowest BCUT2D eigenvalue weighted by atomic mass is 10.1. The van der Waals surface area contributed by atoms with Gasteiger partial charge in [-0.25, -0.2) is 9.50 Å². The van der Waals surface area contributed by atoms with Gasteiger partial charge in [0.1, 0.15) is 6.04 Å². The number of amides is 1. The average molecular weight is 469 g/mol. The van der Waals surface area contributed by atoms with E-state index in [0.29, 0.717) is 10.6 Å². The zero-order valence-electron chi connectivity index (χ0n) is 14.8. The zero-order valence-corrected chi connectivity index (χ0v) is 16.4. The summed E-state index contributed by atoms with van der Waals surface area (Å²) >= 11 is 6.23. The van der Waals surface area contributed by atoms with Crippen molar-refractivity contribution < 1.29 is 31.1 Å². The second kappa shape index (κ2) is 7.91. The molecule has 1 amide bonds. The van der Waals surface area contributed by atoms with Crippen LogP contribution in [0.2, 0.25) is 5.02 Å². The zero-order chi connectivity index (χ0) is 22.3. The Balaban J connectivity index is 2.04. The van der Waals surface area contributed by atoms with Gasteiger partial charge in [0.05, 0.1) is 11.4 Å². The van der Waals surface area contributed by atoms with Crippen LogP contribution >= 0.6 is 22.9 Å². The SMILES string of the molecule is CC(NC(=O)/C=C/c1c(-c2cccc(Cl)c2)nc2sc(C(F)(F)F)nn12)C(F)(F)F. The third kappa shape index (κ3) is 4.75. The number of imidazole rings is 1. The summed E-state index contributed by atoms with van der Waals surface area (Å²) in [6.45, 7) is 0.760. The van der Waals surface area contributed by atoms with E-state index in [1.807, 2.05) is 0 Å². The first-order valence-electron chi connectivity index (χ1n) is 8.14. The van der Waals surface area contributed by atoms with E-state index in [9.17, 15) is 31.1 Å². The lowest BCUT2D eigenvalue weighted by Crippen LogP contribution is -2.42. The molecule has 13 heteroatoms. The third-order valence-electron chi connectivity index (χ3n) is 3.82. The van der Waals surface area contributed by atoms with Gasteiger partial charge in [0, 0.05) is 16.7 Å². The van der Waals surface area contributed by atoms with E-state index in [0.717, 1.165) is 23.6 Å². The van der Waals surface area contributed by atoms with Crippen molar-refractivity contribution in [3.63, 3.8) is 0 Å². The van der Waals surface area contributed by atoms with Crippen LogP contribution < -0.4 is 5.32 Å². The fourth-order valence-electron chi connectivity index (χ4n) is 2.37. The molecule has 3 rings (SSSR count). The molecular weight excluding hydrogens is 458 g/mol. The molecule has 2 heterocycles. The highest BCUT2D eigenvalue weighted by Crippen LogP contribution is 2.35. The molecule has 0 spiro atoms. The molecule has 160 valence electrons. The largest absolute Gasteiger partial charge is 0.445 e. The molecule has 1 N–H and O–H groups in total. The maximum atomic E-state index is 13.0. The smallest absolute Gasteiger partial charge is 0.341 e. The van der Waals surface area contributed by atoms with Gasteiger partial charge in [0.2, 0.25) is 15.9 Å². The standard InChI is InChI=1S/C17H11ClF6N4OS/c1-8(16(19,20)21)25-12(29)6-5-11-13(9-3-2-4-10(18)7-9)26-15-28(11)27-14(30-15)17(22,23)24/h2-8H,1H3,(H,25,29)/b6-5+. The Hall–Kier alpha value is -2.60. The average Bonchev–Trinajstić information content (AvgIpc) is 3.17. The molecule has 0 aliphatic rings. The predicted octanol–water partition coefficient (Wildman–Crippen LogP) is 5.21. The van der Waals surface area contributed by atoms with Crippen LogP contribution in [-0.2, 0) is 11.0 Å². The number of carbonyl (C=O) groups is 1. The monoisotopic (exact) mass is 468 g/mol. The number of carbonyl (C=O) groups excluding carboxylic acids is 1. The number of nitrogens with zero attached hydrogens (tertiary/aromatic N) is 3. The highest BCUT2D eigenvalue weighted by molar-refractivity contribution is 7.16. The number of hydrogen-bond acceptors (Lipinski definition) is 4. The van der Waals surface area contributed by atoms with Crippen molar-refractivity contribution in [1.29, 1.82) is 0 Å². The van der Waals surface area contributed by atoms with Crippen LogP contribution in [-0.4, -0.2) is 32.7 Å². The fraction of sp³-hybridized carbons (Fsp3) is 0.235. The Morgan fingerprint density at radius 3 is 2.57 bits per heavy atom. The van der Waals surface area contributed by atoms with E-state index < -0.39 is 29.3 Å². The van der Waals surface area contributed by atoms with Crippen LogP contribution in [0.15, 0.2) is 30.3 Å². The van der Waals surface area contributed by atoms with Crippen LogP contribution in [0.5, 0.6) is 0 Å². The number of nitrogens with one attached hydrogen (secondary N) is 1. The second-order valence-electron chi connectivity index (χ2n) is 6.06. The van der Waals surface area contributed by atoms with Crippen molar-refractivity contribution in [2.24, 2.45) is 0 Å². The summed E-state index contributed by atoms with van der Waals surface area (Å²) in [7, 11) is 0. The molecule has 0 saturated heterocycles. The van der Waals surface area contributed by atoms with E-state index in [1.54, 1.807) is 23.5 Å². The summed E-state index contributed by atoms with van der Waals surface area (Å²) in [6, 6.07) is 4.15. The van der Waals surface area contributed by atoms with Gasteiger partial charge >= 0.3 is 12.4 Å². The van der Waals surface area contributed by atoms with Crippen molar-refractivity contribution in [3.8, 4) is 11.3 Å². The first kappa shape index (κ1) is 22.1. The summed E-state index contributed by atoms with van der Waals surface area (Å²) in [4.78, 5) is 15.9. The van der Waals surface area contributed by atoms with Gasteiger partial charge in [-0.3, -0.25) is 4.79 Å². The normalized spacial score (nSPS) is 13.9. The van der Waals surface area contributed by atoms with Crippen LogP contribution in [0, 0.1) is 0 Å². The van der Waals surface area contributed by atoms with Gasteiger partial charge in [-0.2, -0.15) is 26.3 Å². The number of alkyl halides is 6. The molecule has 0 aliphatic carbocycles. The predicted molar refractivity (Wildman–Crippen MR) is 99.0 cm³/mol. The molecule has 5 nitrogen and oxygen atoms in total. The third-order valence-corrected chi connectivity index (χ3v) is 5.01. The van der Waals surface area contributed by atoms with E-state index in [1.165, 1.54) is 6.07 Å². The molecule has 2 aromatic heterocycles. The maximum Gasteiger partial charge on any atom is 0.445 e. The van der Waals surface area contributed by atoms with E-state index in [2.05, 4.69) is 10.1 Å². The molecule has 30 heavy (non-hydrogen) atoms. The van der Waals surface area contributed by atoms with Crippen molar-refractivity contribution in [2.45, 2.75) is 25.3 Å². The summed E-state index contributed by atoms with van der Waals surface area (Å²) < 4.78 is 77.6. The summed E-state index contributed by atoms with van der Waals surface area (Å²) in [5.74, 6) is -1.09. The van der Waals surface area contributed by atoms with E-state index in [-0.39, 0.29) is 27.7 Å². The Bertz CT molecular complexity index is 1120. The van der Waals surface area contributed by atoms with E-state index >= 15 is 0 Å². The molecule has 0 bridgehead atoms. The van der Waals surface area contributed by atoms with Crippen molar-refractivity contribution in [3.05, 3.63) is 46.1 Å². The van der Waals surface area contributed by atoms with Crippen LogP contribution in [0.1, 0.15) is 17.6 Å². The Labute approximate surface area is 174 Å². The molecule has 0 fully saturated rings. The molecule has 0 saturated carbocycles. The summed E-state index contributed by atoms with van der Waals surface area (Å²) in [6.07, 6.45) is -7.53. The molecule has 1 unspecified atom stereocenters. The molecule has 1 aromatic carbocycles. The first-order valence-corrected chi connectivity index (χ1v) is 9.33. The molecule has 0 aliphatic heterocycles. The summed E-state index contributed by atoms with van der Waals surface area (Å²) in [5, 5.41) is 4.38. The van der Waals surface area contributed by atoms with Crippen molar-refractivity contribution in [2.75, 3.05) is 0 Å². The Morgan fingerprint density at radius 2 is 1.97 bits per heavy atom. The minimum Gasteiger partial charge on any atom is -0.341 e. The first-order chi connectivity index (χ1) is 13.9. The van der Waals surface area contributed by atoms with Crippen LogP contribution in [0.4, 0.5) is 26.3 Å². The van der Waals surface area contributed by atoms with Gasteiger partial charge in [0.25, 0.3) is 0 Å². The summed E-state index contributed by atoms with van der Waals surface area (Å²) in [5.41, 5.74) is 0.573. The second-order valence-corrected chi connectivity index (χ2v) is 7.45. The van der Waals surface area contributed by atoms with Gasteiger partial charge < -0.3 is 5.32 Å². The van der Waals surface area contributed by atoms with E-state index in [4.69, 9.17) is 11.6 Å². The number of benzene rings is 1. The van der Waals surface area contributed by atoms with Gasteiger partial charge in [-0.05, 0) is 25.1 Å². The number of fused-ring (bicyclic) bond motifs is 1. The lowest BCUT2D eigenvalue weighted by molar-refractivity contribution is -0.156. The highest BCUT2D eigenvalue weighted by atomic mass is 35.5. The minimum atomic E-state index is -4.71. The number of hydrogen-bond donors (Lipinski definition) is 1. The number of aromatic nitrogens is 3. The number of halogens is 7. The fourth-order valence-corrected chi connectivity index (χ4v) is 3.34. The van der Waals surface area contributed by atoms with Gasteiger partial charge in [0.15, 0.2) is 0 Å². The molecule has 1 atom stereocenters. The topological polar surface area (TPSA) is 59.3 Å². The maximum absolute atomic E-state index is 13.0. The van der Waals surface area contributed by atoms with Crippen LogP contribution in [0.3, 0.4) is 0 Å². The molecule has 3 aromatic rings. The quantitative estimate of drug-likeness (QED) is 0.422. The van der Waals surface area contributed by atoms with Crippen molar-refractivity contribution >= 4 is 39.9 Å². The van der Waals surface area contributed by atoms with Crippen LogP contribution in [0.25, 0.3) is 22.3 Å². The highest BCUT2D eigenvalue weighted by Gasteiger charge is 2.37. The van der Waals surface area contributed by atoms with Gasteiger partial charge in [-0.1, -0.05) is 35.1 Å². The Kier molecular flexibility index (Phi) is 5.83. The minimum absolute atomic E-state index is 0.0196. The van der Waals surface area contributed by atoms with Crippen molar-refractivity contribution in [1.82, 2.24) is 19.9 Å². The lowest BCUT2D eigenvalue weighted by Gasteiger charge is -2.15.